The van der Waals surface area contributed by atoms with Crippen molar-refractivity contribution in [3.05, 3.63) is 54.1 Å². The van der Waals surface area contributed by atoms with Gasteiger partial charge in [0.2, 0.25) is 5.91 Å². The molecule has 6 heteroatoms. The number of carbonyl (C=O) groups is 1. The lowest BCUT2D eigenvalue weighted by Gasteiger charge is -2.29. The first-order chi connectivity index (χ1) is 14.5. The van der Waals surface area contributed by atoms with Crippen LogP contribution in [0.3, 0.4) is 0 Å². The maximum atomic E-state index is 12.8. The summed E-state index contributed by atoms with van der Waals surface area (Å²) in [7, 11) is 4.07. The van der Waals surface area contributed by atoms with Crippen molar-refractivity contribution in [1.29, 1.82) is 0 Å². The first-order valence-electron chi connectivity index (χ1n) is 10.7. The largest absolute Gasteiger partial charge is 0.378 e. The molecule has 1 N–H and O–H groups in total. The van der Waals surface area contributed by atoms with Gasteiger partial charge in [-0.1, -0.05) is 19.1 Å². The van der Waals surface area contributed by atoms with Gasteiger partial charge in [0.25, 0.3) is 0 Å². The number of nitrogens with zero attached hydrogens (tertiary/aromatic N) is 3. The number of carbonyl (C=O) groups excluding carboxylic acids is 1. The van der Waals surface area contributed by atoms with Gasteiger partial charge in [-0.2, -0.15) is 0 Å². The van der Waals surface area contributed by atoms with Crippen LogP contribution in [0.5, 0.6) is 0 Å². The molecule has 1 amide bonds. The fraction of sp³-hybridized carbons (Fsp3) is 0.458. The third-order valence-electron chi connectivity index (χ3n) is 5.68. The van der Waals surface area contributed by atoms with E-state index >= 15 is 0 Å². The minimum Gasteiger partial charge on any atom is -0.378 e. The maximum absolute atomic E-state index is 12.8. The highest BCUT2D eigenvalue weighted by atomic mass is 16.5. The number of morpholine rings is 1. The van der Waals surface area contributed by atoms with Gasteiger partial charge >= 0.3 is 0 Å². The Morgan fingerprint density at radius 3 is 2.27 bits per heavy atom. The van der Waals surface area contributed by atoms with Gasteiger partial charge in [-0.15, -0.1) is 0 Å². The number of benzene rings is 2. The second-order valence-corrected chi connectivity index (χ2v) is 7.94. The monoisotopic (exact) mass is 410 g/mol. The standard InChI is InChI=1S/C24H34N4O2/c1-5-27(18-20-6-10-22(11-7-20)26(3)4)19(2)24(29)25-21-8-12-23(13-9-21)28-14-16-30-17-15-28/h6-13,19H,5,14-18H2,1-4H3,(H,25,29)/t19-/m0/s1. The summed E-state index contributed by atoms with van der Waals surface area (Å²) in [6, 6.07) is 16.4. The van der Waals surface area contributed by atoms with Crippen LogP contribution in [0.25, 0.3) is 0 Å². The Kier molecular flexibility index (Phi) is 7.71. The number of nitrogens with one attached hydrogen (secondary N) is 1. The van der Waals surface area contributed by atoms with E-state index < -0.39 is 0 Å². The number of likely N-dealkylation sites (N-methyl/N-ethyl adjacent to an activating group) is 1. The average Bonchev–Trinajstić information content (AvgIpc) is 2.78. The van der Waals surface area contributed by atoms with Crippen LogP contribution in [0, 0.1) is 0 Å². The molecular weight excluding hydrogens is 376 g/mol. The Labute approximate surface area is 180 Å². The fourth-order valence-electron chi connectivity index (χ4n) is 3.65. The van der Waals surface area contributed by atoms with Crippen LogP contribution in [0.4, 0.5) is 17.1 Å². The van der Waals surface area contributed by atoms with Crippen molar-refractivity contribution in [2.24, 2.45) is 0 Å². The first-order valence-corrected chi connectivity index (χ1v) is 10.7. The number of anilines is 3. The van der Waals surface area contributed by atoms with Crippen molar-refractivity contribution in [1.82, 2.24) is 4.90 Å². The van der Waals surface area contributed by atoms with Crippen LogP contribution in [-0.2, 0) is 16.1 Å². The molecule has 1 saturated heterocycles. The predicted molar refractivity (Wildman–Crippen MR) is 124 cm³/mol. The molecule has 30 heavy (non-hydrogen) atoms. The second kappa shape index (κ2) is 10.5. The van der Waals surface area contributed by atoms with E-state index in [1.165, 1.54) is 16.9 Å². The zero-order valence-corrected chi connectivity index (χ0v) is 18.6. The van der Waals surface area contributed by atoms with Gasteiger partial charge in [-0.25, -0.2) is 0 Å². The molecule has 1 aliphatic heterocycles. The third-order valence-corrected chi connectivity index (χ3v) is 5.68. The van der Waals surface area contributed by atoms with Crippen molar-refractivity contribution in [2.45, 2.75) is 26.4 Å². The number of amides is 1. The Morgan fingerprint density at radius 1 is 1.07 bits per heavy atom. The lowest BCUT2D eigenvalue weighted by atomic mass is 10.1. The van der Waals surface area contributed by atoms with Gasteiger partial charge in [-0.3, -0.25) is 9.69 Å². The summed E-state index contributed by atoms with van der Waals surface area (Å²) in [5.41, 5.74) is 4.38. The van der Waals surface area contributed by atoms with Crippen LogP contribution >= 0.6 is 0 Å². The molecule has 0 saturated carbocycles. The fourth-order valence-corrected chi connectivity index (χ4v) is 3.65. The minimum absolute atomic E-state index is 0.0147. The Balaban J connectivity index is 1.57. The Morgan fingerprint density at radius 2 is 1.70 bits per heavy atom. The van der Waals surface area contributed by atoms with Crippen LogP contribution in [0.1, 0.15) is 19.4 Å². The summed E-state index contributed by atoms with van der Waals surface area (Å²) in [5.74, 6) is 0.0147. The van der Waals surface area contributed by atoms with E-state index in [-0.39, 0.29) is 11.9 Å². The highest BCUT2D eigenvalue weighted by Crippen LogP contribution is 2.20. The van der Waals surface area contributed by atoms with E-state index in [4.69, 9.17) is 4.74 Å². The predicted octanol–water partition coefficient (Wildman–Crippen LogP) is 3.44. The summed E-state index contributed by atoms with van der Waals surface area (Å²) in [4.78, 5) is 19.4. The zero-order chi connectivity index (χ0) is 21.5. The summed E-state index contributed by atoms with van der Waals surface area (Å²) in [6.45, 7) is 8.95. The summed E-state index contributed by atoms with van der Waals surface area (Å²) < 4.78 is 5.41. The molecule has 2 aromatic rings. The quantitative estimate of drug-likeness (QED) is 0.722. The van der Waals surface area contributed by atoms with Crippen molar-refractivity contribution >= 4 is 23.0 Å². The zero-order valence-electron chi connectivity index (χ0n) is 18.6. The van der Waals surface area contributed by atoms with E-state index in [1.807, 2.05) is 33.2 Å². The number of ether oxygens (including phenoxy) is 1. The van der Waals surface area contributed by atoms with E-state index in [0.29, 0.717) is 0 Å². The topological polar surface area (TPSA) is 48.0 Å². The first kappa shape index (κ1) is 22.1. The summed E-state index contributed by atoms with van der Waals surface area (Å²) in [6.07, 6.45) is 0. The van der Waals surface area contributed by atoms with Gasteiger partial charge < -0.3 is 19.9 Å². The molecule has 1 fully saturated rings. The van der Waals surface area contributed by atoms with Crippen LogP contribution in [-0.4, -0.2) is 63.8 Å². The van der Waals surface area contributed by atoms with Crippen LogP contribution in [0.2, 0.25) is 0 Å². The average molecular weight is 411 g/mol. The van der Waals surface area contributed by atoms with Crippen LogP contribution in [0.15, 0.2) is 48.5 Å². The number of rotatable bonds is 8. The van der Waals surface area contributed by atoms with Crippen molar-refractivity contribution in [3.63, 3.8) is 0 Å². The molecule has 0 radical (unpaired) electrons. The molecule has 0 aromatic heterocycles. The van der Waals surface area contributed by atoms with Crippen molar-refractivity contribution < 1.29 is 9.53 Å². The SMILES string of the molecule is CCN(Cc1ccc(N(C)C)cc1)[C@@H](C)C(=O)Nc1ccc(N2CCOCC2)cc1. The molecular formula is C24H34N4O2. The van der Waals surface area contributed by atoms with Gasteiger partial charge in [0, 0.05) is 50.8 Å². The summed E-state index contributed by atoms with van der Waals surface area (Å²) in [5, 5.41) is 3.07. The van der Waals surface area contributed by atoms with E-state index in [9.17, 15) is 4.79 Å². The highest BCUT2D eigenvalue weighted by Gasteiger charge is 2.20. The number of hydrogen-bond acceptors (Lipinski definition) is 5. The van der Waals surface area contributed by atoms with Gasteiger partial charge in [0.1, 0.15) is 0 Å². The van der Waals surface area contributed by atoms with Crippen molar-refractivity contribution in [2.75, 3.05) is 62.1 Å². The van der Waals surface area contributed by atoms with Gasteiger partial charge in [-0.05, 0) is 55.4 Å². The van der Waals surface area contributed by atoms with E-state index in [0.717, 1.165) is 45.1 Å². The second-order valence-electron chi connectivity index (χ2n) is 7.94. The molecule has 0 bridgehead atoms. The Bertz CT molecular complexity index is 799. The van der Waals surface area contributed by atoms with Crippen LogP contribution < -0.4 is 15.1 Å². The molecule has 0 aliphatic carbocycles. The number of hydrogen-bond donors (Lipinski definition) is 1. The molecule has 162 valence electrons. The molecule has 6 nitrogen and oxygen atoms in total. The van der Waals surface area contributed by atoms with Gasteiger partial charge in [0.05, 0.1) is 19.3 Å². The van der Waals surface area contributed by atoms with Crippen molar-refractivity contribution in [3.8, 4) is 0 Å². The normalized spacial score (nSPS) is 15.2. The third kappa shape index (κ3) is 5.74. The van der Waals surface area contributed by atoms with Gasteiger partial charge in [0.15, 0.2) is 0 Å². The minimum atomic E-state index is -0.220. The van der Waals surface area contributed by atoms with E-state index in [2.05, 4.69) is 63.3 Å². The molecule has 1 heterocycles. The molecule has 2 aromatic carbocycles. The smallest absolute Gasteiger partial charge is 0.241 e. The lowest BCUT2D eigenvalue weighted by Crippen LogP contribution is -2.41. The summed E-state index contributed by atoms with van der Waals surface area (Å²) >= 11 is 0. The molecule has 3 rings (SSSR count). The Hall–Kier alpha value is -2.57. The maximum Gasteiger partial charge on any atom is 0.241 e. The van der Waals surface area contributed by atoms with E-state index in [1.54, 1.807) is 0 Å². The lowest BCUT2D eigenvalue weighted by molar-refractivity contribution is -0.120. The molecule has 0 unspecified atom stereocenters. The molecule has 0 spiro atoms. The molecule has 1 aliphatic rings. The highest BCUT2D eigenvalue weighted by molar-refractivity contribution is 5.94. The molecule has 1 atom stereocenters.